The van der Waals surface area contributed by atoms with Gasteiger partial charge in [-0.2, -0.15) is 0 Å². The van der Waals surface area contributed by atoms with Gasteiger partial charge in [-0.1, -0.05) is 39.0 Å². The molecule has 2 amide bonds. The van der Waals surface area contributed by atoms with E-state index in [0.29, 0.717) is 18.4 Å². The summed E-state index contributed by atoms with van der Waals surface area (Å²) in [6.45, 7) is 6.75. The Balaban J connectivity index is 1.14. The lowest BCUT2D eigenvalue weighted by Gasteiger charge is -2.46. The molecular formula is C29H47N5O3. The number of amides is 2. The number of aryl methyl sites for hydroxylation is 1. The van der Waals surface area contributed by atoms with E-state index in [1.807, 2.05) is 22.7 Å². The third kappa shape index (κ3) is 5.99. The van der Waals surface area contributed by atoms with Gasteiger partial charge in [-0.3, -0.25) is 9.69 Å². The Bertz CT molecular complexity index is 910. The molecule has 0 radical (unpaired) electrons. The zero-order chi connectivity index (χ0) is 25.8. The van der Waals surface area contributed by atoms with Crippen molar-refractivity contribution >= 4 is 12.0 Å². The van der Waals surface area contributed by atoms with Crippen LogP contribution in [0, 0.1) is 5.92 Å². The van der Waals surface area contributed by atoms with Gasteiger partial charge < -0.3 is 19.1 Å². The predicted molar refractivity (Wildman–Crippen MR) is 143 cm³/mol. The van der Waals surface area contributed by atoms with E-state index < -0.39 is 0 Å². The van der Waals surface area contributed by atoms with E-state index in [9.17, 15) is 9.59 Å². The van der Waals surface area contributed by atoms with Crippen LogP contribution in [-0.2, 0) is 23.0 Å². The second-order valence-electron chi connectivity index (χ2n) is 12.1. The van der Waals surface area contributed by atoms with Crippen LogP contribution in [-0.4, -0.2) is 86.7 Å². The topological polar surface area (TPSA) is 70.9 Å². The van der Waals surface area contributed by atoms with Gasteiger partial charge in [0, 0.05) is 64.9 Å². The van der Waals surface area contributed by atoms with Gasteiger partial charge in [-0.05, 0) is 38.0 Å². The maximum atomic E-state index is 13.2. The number of imidazole rings is 1. The van der Waals surface area contributed by atoms with Crippen LogP contribution < -0.4 is 0 Å². The van der Waals surface area contributed by atoms with Crippen molar-refractivity contribution in [1.82, 2.24) is 24.3 Å². The average Bonchev–Trinajstić information content (AvgIpc) is 3.43. The number of aromatic nitrogens is 2. The van der Waals surface area contributed by atoms with Gasteiger partial charge >= 0.3 is 6.09 Å². The number of nitrogens with zero attached hydrogens (tertiary/aromatic N) is 5. The lowest BCUT2D eigenvalue weighted by Crippen LogP contribution is -2.56. The highest BCUT2D eigenvalue weighted by molar-refractivity contribution is 5.78. The zero-order valence-electron chi connectivity index (χ0n) is 23.1. The molecular weight excluding hydrogens is 466 g/mol. The molecule has 4 fully saturated rings. The number of ether oxygens (including phenoxy) is 1. The number of rotatable bonds is 8. The third-order valence-electron chi connectivity index (χ3n) is 9.59. The first-order chi connectivity index (χ1) is 18.0. The molecule has 5 rings (SSSR count). The molecule has 1 unspecified atom stereocenters. The van der Waals surface area contributed by atoms with Crippen molar-refractivity contribution in [2.45, 2.75) is 108 Å². The second-order valence-corrected chi connectivity index (χ2v) is 12.1. The predicted octanol–water partition coefficient (Wildman–Crippen LogP) is 4.38. The molecule has 1 saturated carbocycles. The maximum absolute atomic E-state index is 13.2. The van der Waals surface area contributed by atoms with E-state index in [0.717, 1.165) is 83.4 Å². The largest absolute Gasteiger partial charge is 0.440 e. The summed E-state index contributed by atoms with van der Waals surface area (Å²) in [5.41, 5.74) is 0.536. The minimum Gasteiger partial charge on any atom is -0.440 e. The summed E-state index contributed by atoms with van der Waals surface area (Å²) >= 11 is 0. The van der Waals surface area contributed by atoms with Crippen molar-refractivity contribution in [2.24, 2.45) is 13.0 Å². The summed E-state index contributed by atoms with van der Waals surface area (Å²) < 4.78 is 8.19. The van der Waals surface area contributed by atoms with Gasteiger partial charge in [0.25, 0.3) is 0 Å². The summed E-state index contributed by atoms with van der Waals surface area (Å²) in [5, 5.41) is 0. The van der Waals surface area contributed by atoms with E-state index in [1.54, 1.807) is 6.33 Å². The average molecular weight is 514 g/mol. The second kappa shape index (κ2) is 11.7. The Hall–Kier alpha value is -2.09. The van der Waals surface area contributed by atoms with Crippen LogP contribution in [0.4, 0.5) is 4.79 Å². The molecule has 8 nitrogen and oxygen atoms in total. The highest BCUT2D eigenvalue weighted by Gasteiger charge is 2.55. The third-order valence-corrected chi connectivity index (χ3v) is 9.59. The maximum Gasteiger partial charge on any atom is 0.410 e. The SMILES string of the molecule is CCCCC1N(CC2CCCCC2)C(=O)OC12CCN(C1CCN(C(=O)Cc3cn(C)cn3)CC1)CC2. The minimum atomic E-state index is -0.309. The number of piperidine rings is 2. The van der Waals surface area contributed by atoms with Crippen LogP contribution >= 0.6 is 0 Å². The molecule has 1 spiro atoms. The summed E-state index contributed by atoms with van der Waals surface area (Å²) in [4.78, 5) is 37.0. The Kier molecular flexibility index (Phi) is 8.42. The molecule has 8 heteroatoms. The quantitative estimate of drug-likeness (QED) is 0.516. The van der Waals surface area contributed by atoms with Gasteiger partial charge in [-0.25, -0.2) is 9.78 Å². The summed E-state index contributed by atoms with van der Waals surface area (Å²) in [7, 11) is 1.93. The fraction of sp³-hybridized carbons (Fsp3) is 0.828. The fourth-order valence-corrected chi connectivity index (χ4v) is 7.39. The van der Waals surface area contributed by atoms with Crippen LogP contribution in [0.1, 0.15) is 89.7 Å². The number of hydrogen-bond donors (Lipinski definition) is 0. The van der Waals surface area contributed by atoms with Gasteiger partial charge in [0.05, 0.1) is 24.5 Å². The van der Waals surface area contributed by atoms with Crippen molar-refractivity contribution < 1.29 is 14.3 Å². The van der Waals surface area contributed by atoms with E-state index in [2.05, 4.69) is 21.7 Å². The number of carbonyl (C=O) groups excluding carboxylic acids is 2. The normalized spacial score (nSPS) is 25.7. The van der Waals surface area contributed by atoms with E-state index in [4.69, 9.17) is 4.74 Å². The van der Waals surface area contributed by atoms with Gasteiger partial charge in [0.2, 0.25) is 5.91 Å². The van der Waals surface area contributed by atoms with Crippen molar-refractivity contribution in [3.8, 4) is 0 Å². The highest BCUT2D eigenvalue weighted by Crippen LogP contribution is 2.42. The molecule has 1 atom stereocenters. The Morgan fingerprint density at radius 3 is 2.46 bits per heavy atom. The van der Waals surface area contributed by atoms with Crippen LogP contribution in [0.3, 0.4) is 0 Å². The fourth-order valence-electron chi connectivity index (χ4n) is 7.39. The standard InChI is InChI=1S/C29H47N5O3/c1-3-4-10-26-29(37-28(36)34(26)20-23-8-6-5-7-9-23)13-17-32(18-14-29)25-11-15-33(16-12-25)27(35)19-24-21-31(2)22-30-24/h21-23,25-26H,3-20H2,1-2H3. The molecule has 3 saturated heterocycles. The number of unbranched alkanes of at least 4 members (excludes halogenated alkanes) is 1. The molecule has 1 aromatic rings. The van der Waals surface area contributed by atoms with Crippen molar-refractivity contribution in [1.29, 1.82) is 0 Å². The van der Waals surface area contributed by atoms with Crippen LogP contribution in [0.5, 0.6) is 0 Å². The molecule has 0 aromatic carbocycles. The van der Waals surface area contributed by atoms with E-state index in [-0.39, 0.29) is 23.6 Å². The Morgan fingerprint density at radius 2 is 1.81 bits per heavy atom. The lowest BCUT2D eigenvalue weighted by molar-refractivity contribution is -0.132. The number of likely N-dealkylation sites (tertiary alicyclic amines) is 2. The van der Waals surface area contributed by atoms with Gasteiger partial charge in [0.1, 0.15) is 5.60 Å². The highest BCUT2D eigenvalue weighted by atomic mass is 16.6. The van der Waals surface area contributed by atoms with E-state index in [1.165, 1.54) is 32.1 Å². The Morgan fingerprint density at radius 1 is 1.08 bits per heavy atom. The molecule has 1 aliphatic carbocycles. The van der Waals surface area contributed by atoms with Gasteiger partial charge in [0.15, 0.2) is 0 Å². The monoisotopic (exact) mass is 513 g/mol. The van der Waals surface area contributed by atoms with Gasteiger partial charge in [-0.15, -0.1) is 0 Å². The van der Waals surface area contributed by atoms with Crippen molar-refractivity contribution in [3.63, 3.8) is 0 Å². The summed E-state index contributed by atoms with van der Waals surface area (Å²) in [6, 6.07) is 0.746. The number of carbonyl (C=O) groups is 2. The molecule has 3 aliphatic heterocycles. The van der Waals surface area contributed by atoms with Crippen LogP contribution in [0.25, 0.3) is 0 Å². The molecule has 4 heterocycles. The first kappa shape index (κ1) is 26.5. The zero-order valence-corrected chi connectivity index (χ0v) is 23.1. The molecule has 4 aliphatic rings. The first-order valence-corrected chi connectivity index (χ1v) is 15.0. The van der Waals surface area contributed by atoms with Crippen molar-refractivity contribution in [2.75, 3.05) is 32.7 Å². The molecule has 206 valence electrons. The lowest BCUT2D eigenvalue weighted by atomic mass is 9.80. The smallest absolute Gasteiger partial charge is 0.410 e. The van der Waals surface area contributed by atoms with Crippen LogP contribution in [0.15, 0.2) is 12.5 Å². The molecule has 1 aromatic heterocycles. The molecule has 37 heavy (non-hydrogen) atoms. The first-order valence-electron chi connectivity index (χ1n) is 15.0. The van der Waals surface area contributed by atoms with E-state index >= 15 is 0 Å². The summed E-state index contributed by atoms with van der Waals surface area (Å²) in [5.74, 6) is 0.829. The Labute approximate surface area is 222 Å². The minimum absolute atomic E-state index is 0.0557. The summed E-state index contributed by atoms with van der Waals surface area (Å²) in [6.07, 6.45) is 17.8. The van der Waals surface area contributed by atoms with Crippen LogP contribution in [0.2, 0.25) is 0 Å². The molecule has 0 bridgehead atoms. The molecule has 0 N–H and O–H groups in total. The van der Waals surface area contributed by atoms with Crippen molar-refractivity contribution in [3.05, 3.63) is 18.2 Å². The number of hydrogen-bond acceptors (Lipinski definition) is 5.